The lowest BCUT2D eigenvalue weighted by Crippen LogP contribution is -2.56. The minimum atomic E-state index is -0.296. The molecular weight excluding hydrogens is 491 g/mol. The van der Waals surface area contributed by atoms with E-state index >= 15 is 0 Å². The average Bonchev–Trinajstić information content (AvgIpc) is 3.22. The van der Waals surface area contributed by atoms with Crippen LogP contribution < -0.4 is 5.56 Å². The molecule has 1 aromatic carbocycles. The lowest BCUT2D eigenvalue weighted by Gasteiger charge is -2.51. The van der Waals surface area contributed by atoms with Crippen molar-refractivity contribution in [2.45, 2.75) is 106 Å². The highest BCUT2D eigenvalue weighted by molar-refractivity contribution is 5.83. The SMILES string of the molecule is Cc1nc2n(c(=O)c1C(C)CN1CCC(c3noc4cc(F)cc(C)c34)C(C)C1(C)C)CC(C)(C)C(C)(C)C2. The number of benzene rings is 1. The molecule has 5 rings (SSSR count). The van der Waals surface area contributed by atoms with E-state index in [0.29, 0.717) is 12.1 Å². The molecule has 0 aliphatic carbocycles. The van der Waals surface area contributed by atoms with Crippen molar-refractivity contribution < 1.29 is 8.91 Å². The Balaban J connectivity index is 1.41. The van der Waals surface area contributed by atoms with E-state index in [-0.39, 0.29) is 45.5 Å². The number of likely N-dealkylation sites (tertiary alicyclic amines) is 1. The van der Waals surface area contributed by atoms with Gasteiger partial charge in [-0.15, -0.1) is 0 Å². The molecule has 3 atom stereocenters. The average molecular weight is 537 g/mol. The second-order valence-corrected chi connectivity index (χ2v) is 14.2. The van der Waals surface area contributed by atoms with Crippen molar-refractivity contribution in [1.82, 2.24) is 19.6 Å². The standard InChI is InChI=1S/C32H45FN4O2/c1-18-13-22(33)14-24-27(18)28(35-39-24)23-11-12-36(32(9,10)20(23)3)16-19(2)26-21(4)34-25-15-30(5,6)31(7,8)17-37(25)29(26)38/h13-14,19-20,23H,11-12,15-17H2,1-10H3. The molecule has 2 aliphatic heterocycles. The monoisotopic (exact) mass is 536 g/mol. The van der Waals surface area contributed by atoms with E-state index in [1.54, 1.807) is 6.07 Å². The molecule has 39 heavy (non-hydrogen) atoms. The summed E-state index contributed by atoms with van der Waals surface area (Å²) in [7, 11) is 0. The van der Waals surface area contributed by atoms with Crippen LogP contribution in [0.1, 0.15) is 102 Å². The zero-order chi connectivity index (χ0) is 28.7. The largest absolute Gasteiger partial charge is 0.356 e. The van der Waals surface area contributed by atoms with Gasteiger partial charge >= 0.3 is 0 Å². The molecular formula is C32H45FN4O2. The number of aryl methyl sites for hydroxylation is 2. The van der Waals surface area contributed by atoms with Gasteiger partial charge in [0.2, 0.25) is 0 Å². The quantitative estimate of drug-likeness (QED) is 0.369. The van der Waals surface area contributed by atoms with E-state index in [9.17, 15) is 9.18 Å². The van der Waals surface area contributed by atoms with Crippen molar-refractivity contribution in [3.05, 3.63) is 56.6 Å². The summed E-state index contributed by atoms with van der Waals surface area (Å²) in [4.78, 5) is 21.4. The zero-order valence-corrected chi connectivity index (χ0v) is 25.4. The van der Waals surface area contributed by atoms with E-state index in [4.69, 9.17) is 9.51 Å². The summed E-state index contributed by atoms with van der Waals surface area (Å²) in [5.74, 6) is 1.17. The number of hydrogen-bond donors (Lipinski definition) is 0. The van der Waals surface area contributed by atoms with Crippen molar-refractivity contribution in [2.24, 2.45) is 16.7 Å². The van der Waals surface area contributed by atoms with Gasteiger partial charge < -0.3 is 4.52 Å². The number of nitrogens with zero attached hydrogens (tertiary/aromatic N) is 4. The van der Waals surface area contributed by atoms with Crippen LogP contribution in [0.2, 0.25) is 0 Å². The number of rotatable bonds is 4. The Morgan fingerprint density at radius 3 is 2.51 bits per heavy atom. The minimum absolute atomic E-state index is 0.00991. The molecule has 3 aromatic rings. The Morgan fingerprint density at radius 1 is 1.13 bits per heavy atom. The molecule has 0 saturated carbocycles. The maximum atomic E-state index is 14.0. The summed E-state index contributed by atoms with van der Waals surface area (Å²) in [6.45, 7) is 24.4. The molecule has 212 valence electrons. The smallest absolute Gasteiger partial charge is 0.257 e. The Kier molecular flexibility index (Phi) is 6.64. The Bertz CT molecular complexity index is 1480. The van der Waals surface area contributed by atoms with Crippen LogP contribution in [0.15, 0.2) is 21.5 Å². The normalized spacial score (nSPS) is 25.0. The molecule has 0 bridgehead atoms. The van der Waals surface area contributed by atoms with Crippen molar-refractivity contribution in [2.75, 3.05) is 13.1 Å². The van der Waals surface area contributed by atoms with Crippen molar-refractivity contribution in [1.29, 1.82) is 0 Å². The molecule has 0 spiro atoms. The second-order valence-electron chi connectivity index (χ2n) is 14.2. The van der Waals surface area contributed by atoms with Gasteiger partial charge in [-0.25, -0.2) is 9.37 Å². The highest BCUT2D eigenvalue weighted by atomic mass is 19.1. The number of fused-ring (bicyclic) bond motifs is 2. The van der Waals surface area contributed by atoms with Gasteiger partial charge in [0.05, 0.1) is 5.69 Å². The van der Waals surface area contributed by atoms with Crippen molar-refractivity contribution in [3.8, 4) is 0 Å². The Morgan fingerprint density at radius 2 is 1.82 bits per heavy atom. The summed E-state index contributed by atoms with van der Waals surface area (Å²) in [5.41, 5.74) is 4.13. The van der Waals surface area contributed by atoms with Crippen LogP contribution in [0.3, 0.4) is 0 Å². The minimum Gasteiger partial charge on any atom is -0.356 e. The van der Waals surface area contributed by atoms with Crippen LogP contribution in [0, 0.1) is 36.4 Å². The summed E-state index contributed by atoms with van der Waals surface area (Å²) in [5, 5.41) is 5.39. The molecule has 3 unspecified atom stereocenters. The number of piperidine rings is 1. The van der Waals surface area contributed by atoms with Crippen LogP contribution in [0.4, 0.5) is 4.39 Å². The van der Waals surface area contributed by atoms with Crippen molar-refractivity contribution >= 4 is 11.0 Å². The number of halogens is 1. The van der Waals surface area contributed by atoms with Gasteiger partial charge in [-0.2, -0.15) is 0 Å². The molecule has 4 heterocycles. The van der Waals surface area contributed by atoms with Crippen LogP contribution in [-0.2, 0) is 13.0 Å². The first-order valence-electron chi connectivity index (χ1n) is 14.5. The highest BCUT2D eigenvalue weighted by Crippen LogP contribution is 2.46. The number of hydrogen-bond acceptors (Lipinski definition) is 5. The fourth-order valence-electron chi connectivity index (χ4n) is 7.09. The predicted molar refractivity (Wildman–Crippen MR) is 154 cm³/mol. The third-order valence-electron chi connectivity index (χ3n) is 10.8. The zero-order valence-electron chi connectivity index (χ0n) is 25.4. The molecule has 1 fully saturated rings. The molecule has 2 aromatic heterocycles. The first-order valence-corrected chi connectivity index (χ1v) is 14.5. The van der Waals surface area contributed by atoms with Gasteiger partial charge in [-0.3, -0.25) is 14.3 Å². The van der Waals surface area contributed by atoms with E-state index in [1.165, 1.54) is 6.07 Å². The topological polar surface area (TPSA) is 64.2 Å². The maximum absolute atomic E-state index is 14.0. The second kappa shape index (κ2) is 9.25. The molecule has 0 radical (unpaired) electrons. The van der Waals surface area contributed by atoms with Gasteiger partial charge in [0.25, 0.3) is 5.56 Å². The van der Waals surface area contributed by atoms with Crippen molar-refractivity contribution in [3.63, 3.8) is 0 Å². The van der Waals surface area contributed by atoms with E-state index in [0.717, 1.165) is 59.7 Å². The summed E-state index contributed by atoms with van der Waals surface area (Å²) in [6.07, 6.45) is 1.74. The van der Waals surface area contributed by atoms with Gasteiger partial charge in [-0.05, 0) is 69.0 Å². The lowest BCUT2D eigenvalue weighted by molar-refractivity contribution is 0.0109. The molecule has 0 N–H and O–H groups in total. The Hall–Kier alpha value is -2.54. The fraction of sp³-hybridized carbons (Fsp3) is 0.656. The van der Waals surface area contributed by atoms with Crippen LogP contribution in [0.25, 0.3) is 11.0 Å². The summed E-state index contributed by atoms with van der Waals surface area (Å²) >= 11 is 0. The van der Waals surface area contributed by atoms with Gasteiger partial charge in [0.15, 0.2) is 5.58 Å². The fourth-order valence-corrected chi connectivity index (χ4v) is 7.09. The molecule has 7 heteroatoms. The Labute approximate surface area is 232 Å². The van der Waals surface area contributed by atoms with Crippen LogP contribution in [-0.4, -0.2) is 38.2 Å². The van der Waals surface area contributed by atoms with E-state index in [1.807, 2.05) is 18.4 Å². The van der Waals surface area contributed by atoms with Crippen LogP contribution in [0.5, 0.6) is 0 Å². The molecule has 6 nitrogen and oxygen atoms in total. The highest BCUT2D eigenvalue weighted by Gasteiger charge is 2.45. The first-order chi connectivity index (χ1) is 18.0. The summed E-state index contributed by atoms with van der Waals surface area (Å²) in [6, 6.07) is 2.99. The van der Waals surface area contributed by atoms with E-state index < -0.39 is 0 Å². The third-order valence-corrected chi connectivity index (χ3v) is 10.8. The van der Waals surface area contributed by atoms with Crippen LogP contribution >= 0.6 is 0 Å². The van der Waals surface area contributed by atoms with Gasteiger partial charge in [0, 0.05) is 59.6 Å². The first kappa shape index (κ1) is 28.0. The van der Waals surface area contributed by atoms with Gasteiger partial charge in [0.1, 0.15) is 11.6 Å². The molecule has 2 aliphatic rings. The summed E-state index contributed by atoms with van der Waals surface area (Å²) < 4.78 is 21.5. The third kappa shape index (κ3) is 4.45. The lowest BCUT2D eigenvalue weighted by atomic mass is 9.64. The van der Waals surface area contributed by atoms with Gasteiger partial charge in [-0.1, -0.05) is 46.7 Å². The maximum Gasteiger partial charge on any atom is 0.257 e. The predicted octanol–water partition coefficient (Wildman–Crippen LogP) is 6.76. The molecule has 1 saturated heterocycles. The molecule has 0 amide bonds. The number of aromatic nitrogens is 3. The van der Waals surface area contributed by atoms with E-state index in [2.05, 4.69) is 65.4 Å².